The van der Waals surface area contributed by atoms with Crippen molar-refractivity contribution in [3.8, 4) is 0 Å². The van der Waals surface area contributed by atoms with E-state index < -0.39 is 5.41 Å². The van der Waals surface area contributed by atoms with Crippen LogP contribution in [0.4, 0.5) is 17.1 Å². The van der Waals surface area contributed by atoms with E-state index in [-0.39, 0.29) is 34.5 Å². The van der Waals surface area contributed by atoms with Crippen molar-refractivity contribution >= 4 is 40.7 Å². The molecule has 0 aromatic heterocycles. The third kappa shape index (κ3) is 3.80. The van der Waals surface area contributed by atoms with Crippen LogP contribution in [0.3, 0.4) is 0 Å². The SMILES string of the molecule is Cc1cc(C)c2c(c1)CN1CN2Cc2cc(N3C(=O)c4cc5c(cc4C3=O)C3(CC(C)(C)c4cc6c(cc43)C(=O)NC6=O)CC5(C)C)cc(C)c21. The van der Waals surface area contributed by atoms with Crippen LogP contribution < -0.4 is 20.0 Å². The van der Waals surface area contributed by atoms with Crippen LogP contribution in [-0.2, 0) is 29.3 Å². The number of carbonyl (C=O) groups excluding carboxylic acids is 4. The number of aryl methyl sites for hydroxylation is 3. The molecular formula is C43H40N4O4. The Morgan fingerprint density at radius 2 is 1.04 bits per heavy atom. The first-order valence-corrected chi connectivity index (χ1v) is 17.9. The molecule has 256 valence electrons. The Kier molecular flexibility index (Phi) is 5.60. The van der Waals surface area contributed by atoms with Gasteiger partial charge in [0.25, 0.3) is 23.6 Å². The van der Waals surface area contributed by atoms with Gasteiger partial charge >= 0.3 is 0 Å². The zero-order chi connectivity index (χ0) is 35.7. The van der Waals surface area contributed by atoms with Gasteiger partial charge in [0.15, 0.2) is 0 Å². The van der Waals surface area contributed by atoms with Gasteiger partial charge in [-0.3, -0.25) is 24.5 Å². The van der Waals surface area contributed by atoms with E-state index in [2.05, 4.69) is 75.7 Å². The Balaban J connectivity index is 1.07. The van der Waals surface area contributed by atoms with Gasteiger partial charge in [-0.25, -0.2) is 4.90 Å². The Hall–Kier alpha value is -5.24. The smallest absolute Gasteiger partial charge is 0.266 e. The van der Waals surface area contributed by atoms with Crippen molar-refractivity contribution in [1.82, 2.24) is 5.32 Å². The maximum Gasteiger partial charge on any atom is 0.266 e. The summed E-state index contributed by atoms with van der Waals surface area (Å²) in [5, 5.41) is 2.46. The van der Waals surface area contributed by atoms with Gasteiger partial charge in [0.1, 0.15) is 0 Å². The van der Waals surface area contributed by atoms with Gasteiger partial charge in [-0.15, -0.1) is 0 Å². The molecule has 1 N–H and O–H groups in total. The second kappa shape index (κ2) is 9.35. The van der Waals surface area contributed by atoms with E-state index in [0.29, 0.717) is 34.5 Å². The van der Waals surface area contributed by atoms with E-state index in [1.165, 1.54) is 33.0 Å². The summed E-state index contributed by atoms with van der Waals surface area (Å²) in [6.07, 6.45) is 1.54. The molecular weight excluding hydrogens is 636 g/mol. The largest absolute Gasteiger partial charge is 0.349 e. The Morgan fingerprint density at radius 3 is 1.61 bits per heavy atom. The molecule has 1 unspecified atom stereocenters. The quantitative estimate of drug-likeness (QED) is 0.214. The fourth-order valence-electron chi connectivity index (χ4n) is 11.1. The van der Waals surface area contributed by atoms with E-state index >= 15 is 0 Å². The van der Waals surface area contributed by atoms with Gasteiger partial charge in [-0.2, -0.15) is 0 Å². The molecule has 1 spiro atoms. The van der Waals surface area contributed by atoms with Gasteiger partial charge < -0.3 is 9.80 Å². The van der Waals surface area contributed by atoms with Gasteiger partial charge in [0.05, 0.1) is 34.6 Å². The summed E-state index contributed by atoms with van der Waals surface area (Å²) >= 11 is 0. The summed E-state index contributed by atoms with van der Waals surface area (Å²) < 4.78 is 0. The number of anilines is 3. The number of nitrogens with zero attached hydrogens (tertiary/aromatic N) is 3. The van der Waals surface area contributed by atoms with Crippen LogP contribution in [0.1, 0.15) is 132 Å². The number of hydrogen-bond donors (Lipinski definition) is 1. The zero-order valence-corrected chi connectivity index (χ0v) is 30.1. The number of rotatable bonds is 1. The lowest BCUT2D eigenvalue weighted by atomic mass is 9.72. The van der Waals surface area contributed by atoms with Crippen molar-refractivity contribution in [3.63, 3.8) is 0 Å². The van der Waals surface area contributed by atoms with Crippen LogP contribution in [0.2, 0.25) is 0 Å². The molecule has 1 atom stereocenters. The van der Waals surface area contributed by atoms with Crippen molar-refractivity contribution in [1.29, 1.82) is 0 Å². The second-order valence-corrected chi connectivity index (χ2v) is 17.2. The second-order valence-electron chi connectivity index (χ2n) is 17.2. The monoisotopic (exact) mass is 676 g/mol. The normalized spacial score (nSPS) is 22.6. The molecule has 4 heterocycles. The summed E-state index contributed by atoms with van der Waals surface area (Å²) in [7, 11) is 0. The Morgan fingerprint density at radius 1 is 0.569 bits per heavy atom. The lowest BCUT2D eigenvalue weighted by molar-refractivity contribution is 0.0874. The van der Waals surface area contributed by atoms with E-state index in [1.54, 1.807) is 0 Å². The number of hydrogen-bond acceptors (Lipinski definition) is 6. The number of nitrogens with one attached hydrogen (secondary N) is 1. The number of amides is 4. The summed E-state index contributed by atoms with van der Waals surface area (Å²) in [5.74, 6) is -1.31. The highest BCUT2D eigenvalue weighted by atomic mass is 16.2. The minimum atomic E-state index is -0.472. The number of imide groups is 2. The summed E-state index contributed by atoms with van der Waals surface area (Å²) in [4.78, 5) is 60.5. The van der Waals surface area contributed by atoms with Crippen molar-refractivity contribution in [2.75, 3.05) is 21.4 Å². The number of fused-ring (bicyclic) bond motifs is 12. The van der Waals surface area contributed by atoms with Crippen molar-refractivity contribution in [3.05, 3.63) is 121 Å². The van der Waals surface area contributed by atoms with E-state index in [1.807, 2.05) is 36.4 Å². The van der Waals surface area contributed by atoms with Crippen molar-refractivity contribution < 1.29 is 19.2 Å². The molecule has 4 aromatic carbocycles. The van der Waals surface area contributed by atoms with Crippen LogP contribution in [0.15, 0.2) is 48.5 Å². The molecule has 10 rings (SSSR count). The average Bonchev–Trinajstić information content (AvgIpc) is 3.63. The highest BCUT2D eigenvalue weighted by Gasteiger charge is 2.58. The molecule has 4 aliphatic heterocycles. The summed E-state index contributed by atoms with van der Waals surface area (Å²) in [6, 6.07) is 16.4. The minimum Gasteiger partial charge on any atom is -0.349 e. The first kappa shape index (κ1) is 30.6. The van der Waals surface area contributed by atoms with Crippen LogP contribution in [-0.4, -0.2) is 30.3 Å². The number of benzene rings is 4. The average molecular weight is 677 g/mol. The minimum absolute atomic E-state index is 0.276. The highest BCUT2D eigenvalue weighted by Crippen LogP contribution is 2.63. The zero-order valence-electron chi connectivity index (χ0n) is 30.1. The maximum absolute atomic E-state index is 14.5. The summed E-state index contributed by atoms with van der Waals surface area (Å²) in [5.41, 5.74) is 14.0. The maximum atomic E-state index is 14.5. The standard InChI is InChI=1S/C43H40N4O4/c1-21-8-22(2)35-24(9-21)16-45-20-46(35)17-25-11-26(10-23(3)36(25)45)47-39(50)29-14-32-34(15-30(29)40(47)51)43(19-42(32,6)7)18-41(4,5)31-12-27-28(13-33(31)43)38(49)44-37(27)48/h8-15H,16-20H2,1-7H3,(H,44,48,49). The van der Waals surface area contributed by atoms with Crippen molar-refractivity contribution in [2.24, 2.45) is 0 Å². The third-order valence-corrected chi connectivity index (χ3v) is 12.7. The Bertz CT molecular complexity index is 2420. The molecule has 8 heteroatoms. The predicted molar refractivity (Wildman–Crippen MR) is 196 cm³/mol. The fraction of sp³-hybridized carbons (Fsp3) is 0.349. The Labute approximate surface area is 297 Å². The molecule has 8 nitrogen and oxygen atoms in total. The van der Waals surface area contributed by atoms with Crippen molar-refractivity contribution in [2.45, 2.75) is 90.6 Å². The van der Waals surface area contributed by atoms with E-state index in [4.69, 9.17) is 0 Å². The molecule has 0 saturated carbocycles. The first-order valence-electron chi connectivity index (χ1n) is 17.9. The van der Waals surface area contributed by atoms with Crippen LogP contribution in [0.5, 0.6) is 0 Å². The fourth-order valence-corrected chi connectivity index (χ4v) is 11.1. The first-order chi connectivity index (χ1) is 24.1. The van der Waals surface area contributed by atoms with Crippen LogP contribution >= 0.6 is 0 Å². The summed E-state index contributed by atoms with van der Waals surface area (Å²) in [6.45, 7) is 17.5. The molecule has 6 aliphatic rings. The van der Waals surface area contributed by atoms with Gasteiger partial charge in [0, 0.05) is 29.9 Å². The topological polar surface area (TPSA) is 90.0 Å². The number of carbonyl (C=O) groups is 4. The third-order valence-electron chi connectivity index (χ3n) is 12.7. The van der Waals surface area contributed by atoms with E-state index in [0.717, 1.165) is 59.4 Å². The molecule has 51 heavy (non-hydrogen) atoms. The lowest BCUT2D eigenvalue weighted by Crippen LogP contribution is -2.47. The molecule has 0 fully saturated rings. The molecule has 2 bridgehead atoms. The van der Waals surface area contributed by atoms with Crippen LogP contribution in [0.25, 0.3) is 0 Å². The van der Waals surface area contributed by atoms with Gasteiger partial charge in [-0.05, 0) is 125 Å². The molecule has 4 aromatic rings. The highest BCUT2D eigenvalue weighted by molar-refractivity contribution is 6.34. The van der Waals surface area contributed by atoms with Gasteiger partial charge in [0.2, 0.25) is 0 Å². The molecule has 0 radical (unpaired) electrons. The lowest BCUT2D eigenvalue weighted by Gasteiger charge is -2.46. The van der Waals surface area contributed by atoms with Gasteiger partial charge in [-0.1, -0.05) is 45.4 Å². The molecule has 0 saturated heterocycles. The molecule has 4 amide bonds. The predicted octanol–water partition coefficient (Wildman–Crippen LogP) is 7.24. The molecule has 2 aliphatic carbocycles. The van der Waals surface area contributed by atoms with E-state index in [9.17, 15) is 19.2 Å². The van der Waals surface area contributed by atoms with Crippen LogP contribution in [0, 0.1) is 20.8 Å².